The molecule has 20 heavy (non-hydrogen) atoms. The monoisotopic (exact) mass is 317 g/mol. The minimum atomic E-state index is -3.35. The Morgan fingerprint density at radius 3 is 2.65 bits per heavy atom. The molecule has 0 aromatic carbocycles. The van der Waals surface area contributed by atoms with Crippen LogP contribution in [0.3, 0.4) is 0 Å². The van der Waals surface area contributed by atoms with Gasteiger partial charge < -0.3 is 10.6 Å². The molecule has 0 radical (unpaired) electrons. The van der Waals surface area contributed by atoms with E-state index in [0.29, 0.717) is 29.8 Å². The van der Waals surface area contributed by atoms with E-state index >= 15 is 0 Å². The minimum Gasteiger partial charge on any atom is -0.330 e. The molecule has 2 heterocycles. The molecule has 7 heteroatoms. The molecule has 5 nitrogen and oxygen atoms in total. The average molecular weight is 317 g/mol. The molecule has 1 fully saturated rings. The lowest BCUT2D eigenvalue weighted by Crippen LogP contribution is -2.35. The zero-order chi connectivity index (χ0) is 14.9. The van der Waals surface area contributed by atoms with Gasteiger partial charge in [0.15, 0.2) is 0 Å². The molecule has 2 atom stereocenters. The Balaban J connectivity index is 2.18. The molecule has 1 aromatic heterocycles. The van der Waals surface area contributed by atoms with Crippen molar-refractivity contribution in [1.29, 1.82) is 0 Å². The molecule has 0 amide bonds. The molecule has 0 spiro atoms. The maximum absolute atomic E-state index is 12.7. The highest BCUT2D eigenvalue weighted by atomic mass is 32.2. The maximum atomic E-state index is 12.7. The minimum absolute atomic E-state index is 0.285. The Bertz CT molecular complexity index is 554. The molecule has 1 aliphatic rings. The number of nitrogens with zero attached hydrogens (tertiary/aromatic N) is 2. The molecular weight excluding hydrogens is 294 g/mol. The van der Waals surface area contributed by atoms with E-state index in [4.69, 9.17) is 5.73 Å². The molecular formula is C13H23N3O2S2. The summed E-state index contributed by atoms with van der Waals surface area (Å²) in [7, 11) is 0.652. The van der Waals surface area contributed by atoms with Crippen molar-refractivity contribution in [2.24, 2.45) is 11.7 Å². The second-order valence-electron chi connectivity index (χ2n) is 5.59. The van der Waals surface area contributed by atoms with Crippen molar-refractivity contribution in [3.05, 3.63) is 17.0 Å². The first-order valence-corrected chi connectivity index (χ1v) is 9.07. The predicted octanol–water partition coefficient (Wildman–Crippen LogP) is 0.820. The van der Waals surface area contributed by atoms with Crippen molar-refractivity contribution in [3.63, 3.8) is 0 Å². The van der Waals surface area contributed by atoms with Crippen LogP contribution in [-0.4, -0.2) is 57.4 Å². The van der Waals surface area contributed by atoms with Crippen LogP contribution in [0.2, 0.25) is 0 Å². The number of nitrogens with two attached hydrogens (primary N) is 1. The molecule has 0 saturated carbocycles. The van der Waals surface area contributed by atoms with Gasteiger partial charge in [-0.3, -0.25) is 0 Å². The lowest BCUT2D eigenvalue weighted by Gasteiger charge is -2.22. The van der Waals surface area contributed by atoms with Crippen molar-refractivity contribution < 1.29 is 8.42 Å². The van der Waals surface area contributed by atoms with Crippen LogP contribution in [0, 0.1) is 5.92 Å². The Labute approximate surface area is 125 Å². The van der Waals surface area contributed by atoms with Gasteiger partial charge in [0, 0.05) is 24.0 Å². The number of likely N-dealkylation sites (N-methyl/N-ethyl adjacent to an activating group) is 1. The van der Waals surface area contributed by atoms with Crippen molar-refractivity contribution in [2.45, 2.75) is 23.6 Å². The van der Waals surface area contributed by atoms with Crippen LogP contribution in [0.25, 0.3) is 0 Å². The Kier molecular flexibility index (Phi) is 4.86. The quantitative estimate of drug-likeness (QED) is 0.873. The van der Waals surface area contributed by atoms with E-state index in [-0.39, 0.29) is 6.04 Å². The summed E-state index contributed by atoms with van der Waals surface area (Å²) in [6.45, 7) is 3.81. The van der Waals surface area contributed by atoms with Crippen LogP contribution >= 0.6 is 11.3 Å². The summed E-state index contributed by atoms with van der Waals surface area (Å²) in [5.74, 6) is 0.350. The SMILES string of the molecule is CC1CN(S(=O)(=O)c2ccc(CCN)s2)CC1N(C)C. The summed E-state index contributed by atoms with van der Waals surface area (Å²) in [5, 5.41) is 0. The van der Waals surface area contributed by atoms with E-state index in [2.05, 4.69) is 11.8 Å². The van der Waals surface area contributed by atoms with Crippen LogP contribution in [0.1, 0.15) is 11.8 Å². The molecule has 1 saturated heterocycles. The maximum Gasteiger partial charge on any atom is 0.252 e. The second kappa shape index (κ2) is 6.11. The molecule has 1 aromatic rings. The van der Waals surface area contributed by atoms with Gasteiger partial charge in [0.2, 0.25) is 0 Å². The molecule has 2 rings (SSSR count). The predicted molar refractivity (Wildman–Crippen MR) is 82.5 cm³/mol. The highest BCUT2D eigenvalue weighted by molar-refractivity contribution is 7.91. The number of hydrogen-bond donors (Lipinski definition) is 1. The lowest BCUT2D eigenvalue weighted by atomic mass is 10.1. The van der Waals surface area contributed by atoms with Crippen LogP contribution in [-0.2, 0) is 16.4 Å². The van der Waals surface area contributed by atoms with Crippen molar-refractivity contribution in [1.82, 2.24) is 9.21 Å². The van der Waals surface area contributed by atoms with Gasteiger partial charge in [-0.15, -0.1) is 11.3 Å². The van der Waals surface area contributed by atoms with E-state index in [9.17, 15) is 8.42 Å². The fourth-order valence-corrected chi connectivity index (χ4v) is 5.76. The number of thiophene rings is 1. The normalized spacial score (nSPS) is 24.6. The van der Waals surface area contributed by atoms with Crippen LogP contribution in [0.15, 0.2) is 16.3 Å². The third kappa shape index (κ3) is 3.07. The van der Waals surface area contributed by atoms with Crippen molar-refractivity contribution >= 4 is 21.4 Å². The summed E-state index contributed by atoms with van der Waals surface area (Å²) in [4.78, 5) is 3.14. The summed E-state index contributed by atoms with van der Waals surface area (Å²) in [6, 6.07) is 3.86. The smallest absolute Gasteiger partial charge is 0.252 e. The van der Waals surface area contributed by atoms with Gasteiger partial charge in [0.25, 0.3) is 10.0 Å². The Morgan fingerprint density at radius 1 is 1.40 bits per heavy atom. The van der Waals surface area contributed by atoms with Crippen LogP contribution in [0.5, 0.6) is 0 Å². The number of hydrogen-bond acceptors (Lipinski definition) is 5. The van der Waals surface area contributed by atoms with E-state index in [1.54, 1.807) is 10.4 Å². The van der Waals surface area contributed by atoms with Gasteiger partial charge in [-0.1, -0.05) is 6.92 Å². The third-order valence-corrected chi connectivity index (χ3v) is 7.27. The topological polar surface area (TPSA) is 66.6 Å². The highest BCUT2D eigenvalue weighted by Crippen LogP contribution is 2.30. The van der Waals surface area contributed by atoms with Crippen LogP contribution in [0.4, 0.5) is 0 Å². The van der Waals surface area contributed by atoms with Gasteiger partial charge in [-0.2, -0.15) is 4.31 Å². The van der Waals surface area contributed by atoms with E-state index in [1.165, 1.54) is 11.3 Å². The fourth-order valence-electron chi connectivity index (χ4n) is 2.68. The highest BCUT2D eigenvalue weighted by Gasteiger charge is 2.38. The molecule has 2 unspecified atom stereocenters. The van der Waals surface area contributed by atoms with Gasteiger partial charge in [-0.25, -0.2) is 8.42 Å². The van der Waals surface area contributed by atoms with Gasteiger partial charge in [0.05, 0.1) is 0 Å². The Hall–Kier alpha value is -0.470. The zero-order valence-corrected chi connectivity index (χ0v) is 13.9. The first-order chi connectivity index (χ1) is 9.36. The lowest BCUT2D eigenvalue weighted by molar-refractivity contribution is 0.263. The molecule has 0 aliphatic carbocycles. The third-order valence-electron chi connectivity index (χ3n) is 3.82. The molecule has 114 valence electrons. The van der Waals surface area contributed by atoms with E-state index < -0.39 is 10.0 Å². The first-order valence-electron chi connectivity index (χ1n) is 6.81. The molecule has 2 N–H and O–H groups in total. The van der Waals surface area contributed by atoms with Gasteiger partial charge in [0.1, 0.15) is 4.21 Å². The van der Waals surface area contributed by atoms with Gasteiger partial charge in [-0.05, 0) is 45.1 Å². The Morgan fingerprint density at radius 2 is 2.10 bits per heavy atom. The number of rotatable bonds is 5. The van der Waals surface area contributed by atoms with Crippen LogP contribution < -0.4 is 5.73 Å². The summed E-state index contributed by atoms with van der Waals surface area (Å²) in [5.41, 5.74) is 5.51. The fraction of sp³-hybridized carbons (Fsp3) is 0.692. The van der Waals surface area contributed by atoms with Crippen molar-refractivity contribution in [2.75, 3.05) is 33.7 Å². The van der Waals surface area contributed by atoms with Crippen molar-refractivity contribution in [3.8, 4) is 0 Å². The van der Waals surface area contributed by atoms with E-state index in [1.807, 2.05) is 20.2 Å². The standard InChI is InChI=1S/C13H23N3O2S2/c1-10-8-16(9-12(10)15(2)3)20(17,18)13-5-4-11(19-13)6-7-14/h4-5,10,12H,6-9,14H2,1-3H3. The largest absolute Gasteiger partial charge is 0.330 e. The molecule has 0 bridgehead atoms. The first kappa shape index (κ1) is 15.9. The van der Waals surface area contributed by atoms with E-state index in [0.717, 1.165) is 11.3 Å². The summed E-state index contributed by atoms with van der Waals surface area (Å²) < 4.78 is 27.4. The summed E-state index contributed by atoms with van der Waals surface area (Å²) in [6.07, 6.45) is 0.733. The zero-order valence-electron chi connectivity index (χ0n) is 12.2. The average Bonchev–Trinajstić information content (AvgIpc) is 2.96. The molecule has 1 aliphatic heterocycles. The van der Waals surface area contributed by atoms with Gasteiger partial charge >= 0.3 is 0 Å². The number of sulfonamides is 1. The second-order valence-corrected chi connectivity index (χ2v) is 8.92. The summed E-state index contributed by atoms with van der Waals surface area (Å²) >= 11 is 1.34.